The second kappa shape index (κ2) is 4.64. The van der Waals surface area contributed by atoms with Crippen molar-refractivity contribution in [3.63, 3.8) is 0 Å². The van der Waals surface area contributed by atoms with Gasteiger partial charge in [0.25, 0.3) is 0 Å². The summed E-state index contributed by atoms with van der Waals surface area (Å²) in [6.07, 6.45) is 0. The van der Waals surface area contributed by atoms with Crippen LogP contribution < -0.4 is 4.78 Å². The lowest BCUT2D eigenvalue weighted by atomic mass is 9.82. The molecule has 1 aliphatic rings. The summed E-state index contributed by atoms with van der Waals surface area (Å²) in [5.74, 6) is 0. The lowest BCUT2D eigenvalue weighted by molar-refractivity contribution is 0.0346. The van der Waals surface area contributed by atoms with Crippen molar-refractivity contribution < 1.29 is 9.31 Å². The zero-order chi connectivity index (χ0) is 12.8. The molecular weight excluding hydrogens is 311 g/mol. The van der Waals surface area contributed by atoms with Gasteiger partial charge in [0.2, 0.25) is 0 Å². The minimum Gasteiger partial charge on any atom is -0.406 e. The van der Waals surface area contributed by atoms with Crippen LogP contribution in [0.5, 0.6) is 0 Å². The summed E-state index contributed by atoms with van der Waals surface area (Å²) in [5.41, 5.74) is 0.121. The van der Waals surface area contributed by atoms with E-state index < -0.39 is 0 Å². The van der Waals surface area contributed by atoms with Crippen molar-refractivity contribution in [1.82, 2.24) is 0 Å². The number of halogens is 1. The molecule has 2 aromatic rings. The van der Waals surface area contributed by atoms with E-state index in [-0.39, 0.29) is 12.5 Å². The Hall–Kier alpha value is -0.355. The SMILES string of the molecule is CC1(C)COB(c2cc3cc(Br)ccc3s2)OC1. The van der Waals surface area contributed by atoms with Crippen LogP contribution in [0.1, 0.15) is 13.8 Å². The Balaban J connectivity index is 1.87. The molecule has 94 valence electrons. The van der Waals surface area contributed by atoms with Gasteiger partial charge in [0, 0.05) is 32.6 Å². The lowest BCUT2D eigenvalue weighted by Crippen LogP contribution is -2.46. The fourth-order valence-corrected chi connectivity index (χ4v) is 3.43. The normalized spacial score (nSPS) is 19.4. The Morgan fingerprint density at radius 2 is 1.94 bits per heavy atom. The number of rotatable bonds is 1. The standard InChI is InChI=1S/C13H14BBrO2S/c1-13(2)7-16-14(17-8-13)12-6-9-5-10(15)3-4-11(9)18-12/h3-6H,7-8H2,1-2H3. The molecule has 0 unspecified atom stereocenters. The first-order valence-corrected chi connectivity index (χ1v) is 7.57. The predicted molar refractivity (Wildman–Crippen MR) is 80.6 cm³/mol. The highest BCUT2D eigenvalue weighted by Crippen LogP contribution is 2.26. The Morgan fingerprint density at radius 1 is 1.22 bits per heavy atom. The lowest BCUT2D eigenvalue weighted by Gasteiger charge is -2.32. The van der Waals surface area contributed by atoms with Crippen molar-refractivity contribution in [3.8, 4) is 0 Å². The highest BCUT2D eigenvalue weighted by atomic mass is 79.9. The van der Waals surface area contributed by atoms with Crippen LogP contribution in [0.4, 0.5) is 0 Å². The van der Waals surface area contributed by atoms with Crippen LogP contribution in [0.3, 0.4) is 0 Å². The number of hydrogen-bond donors (Lipinski definition) is 0. The molecule has 0 amide bonds. The molecule has 0 atom stereocenters. The van der Waals surface area contributed by atoms with E-state index in [1.807, 2.05) is 0 Å². The third-order valence-electron chi connectivity index (χ3n) is 2.98. The van der Waals surface area contributed by atoms with Crippen LogP contribution in [-0.2, 0) is 9.31 Å². The predicted octanol–water partition coefficient (Wildman–Crippen LogP) is 3.43. The maximum absolute atomic E-state index is 5.82. The molecule has 2 heterocycles. The van der Waals surface area contributed by atoms with Crippen molar-refractivity contribution in [2.75, 3.05) is 13.2 Å². The topological polar surface area (TPSA) is 18.5 Å². The van der Waals surface area contributed by atoms with E-state index >= 15 is 0 Å². The monoisotopic (exact) mass is 324 g/mol. The number of thiophene rings is 1. The molecule has 0 aliphatic carbocycles. The number of fused-ring (bicyclic) bond motifs is 1. The second-order valence-electron chi connectivity index (χ2n) is 5.45. The van der Waals surface area contributed by atoms with Gasteiger partial charge in [-0.2, -0.15) is 0 Å². The van der Waals surface area contributed by atoms with Crippen LogP contribution in [0, 0.1) is 5.41 Å². The summed E-state index contributed by atoms with van der Waals surface area (Å²) >= 11 is 5.24. The van der Waals surface area contributed by atoms with Gasteiger partial charge in [-0.3, -0.25) is 0 Å². The van der Waals surface area contributed by atoms with Crippen molar-refractivity contribution in [2.24, 2.45) is 5.41 Å². The first-order chi connectivity index (χ1) is 8.53. The molecule has 5 heteroatoms. The smallest absolute Gasteiger partial charge is 0.406 e. The van der Waals surface area contributed by atoms with E-state index in [1.54, 1.807) is 11.3 Å². The molecule has 1 fully saturated rings. The van der Waals surface area contributed by atoms with Crippen LogP contribution in [0.15, 0.2) is 28.7 Å². The number of hydrogen-bond acceptors (Lipinski definition) is 3. The molecule has 18 heavy (non-hydrogen) atoms. The summed E-state index contributed by atoms with van der Waals surface area (Å²) in [7, 11) is -0.200. The van der Waals surface area contributed by atoms with Crippen molar-refractivity contribution in [1.29, 1.82) is 0 Å². The molecule has 0 N–H and O–H groups in total. The molecule has 2 nitrogen and oxygen atoms in total. The molecule has 1 saturated heterocycles. The van der Waals surface area contributed by atoms with Gasteiger partial charge >= 0.3 is 7.12 Å². The average molecular weight is 325 g/mol. The van der Waals surface area contributed by atoms with Gasteiger partial charge in [-0.15, -0.1) is 11.3 Å². The minimum atomic E-state index is -0.200. The molecule has 1 aromatic heterocycles. The second-order valence-corrected chi connectivity index (χ2v) is 7.48. The zero-order valence-electron chi connectivity index (χ0n) is 10.4. The zero-order valence-corrected chi connectivity index (χ0v) is 12.8. The van der Waals surface area contributed by atoms with Gasteiger partial charge in [0.1, 0.15) is 0 Å². The number of benzene rings is 1. The third-order valence-corrected chi connectivity index (χ3v) is 4.61. The summed E-state index contributed by atoms with van der Waals surface area (Å²) in [4.78, 5) is 0. The fraction of sp³-hybridized carbons (Fsp3) is 0.385. The Labute approximate surface area is 120 Å². The highest BCUT2D eigenvalue weighted by molar-refractivity contribution is 9.10. The van der Waals surface area contributed by atoms with E-state index in [2.05, 4.69) is 54.0 Å². The van der Waals surface area contributed by atoms with Crippen LogP contribution in [-0.4, -0.2) is 20.3 Å². The third kappa shape index (κ3) is 2.50. The maximum atomic E-state index is 5.82. The highest BCUT2D eigenvalue weighted by Gasteiger charge is 2.34. The average Bonchev–Trinajstić information content (AvgIpc) is 2.71. The van der Waals surface area contributed by atoms with Gasteiger partial charge in [0.15, 0.2) is 0 Å². The van der Waals surface area contributed by atoms with Gasteiger partial charge in [-0.1, -0.05) is 29.8 Å². The van der Waals surface area contributed by atoms with Gasteiger partial charge in [0.05, 0.1) is 0 Å². The van der Waals surface area contributed by atoms with E-state index in [1.165, 1.54) is 10.1 Å². The van der Waals surface area contributed by atoms with Gasteiger partial charge in [-0.25, -0.2) is 0 Å². The van der Waals surface area contributed by atoms with Crippen LogP contribution >= 0.6 is 27.3 Å². The molecule has 1 aromatic carbocycles. The first kappa shape index (κ1) is 12.7. The van der Waals surface area contributed by atoms with Crippen LogP contribution in [0.25, 0.3) is 10.1 Å². The molecule has 1 aliphatic heterocycles. The molecule has 0 spiro atoms. The summed E-state index contributed by atoms with van der Waals surface area (Å²) in [6.45, 7) is 5.81. The van der Waals surface area contributed by atoms with Crippen molar-refractivity contribution in [3.05, 3.63) is 28.7 Å². The van der Waals surface area contributed by atoms with E-state index in [4.69, 9.17) is 9.31 Å². The Morgan fingerprint density at radius 3 is 2.67 bits per heavy atom. The van der Waals surface area contributed by atoms with E-state index in [0.29, 0.717) is 0 Å². The van der Waals surface area contributed by atoms with Crippen molar-refractivity contribution in [2.45, 2.75) is 13.8 Å². The minimum absolute atomic E-state index is 0.121. The Bertz CT molecular complexity index is 571. The quantitative estimate of drug-likeness (QED) is 0.748. The van der Waals surface area contributed by atoms with Crippen molar-refractivity contribution >= 4 is 49.2 Å². The Kier molecular flexibility index (Phi) is 3.26. The summed E-state index contributed by atoms with van der Waals surface area (Å²) in [6, 6.07) is 8.48. The molecule has 0 bridgehead atoms. The molecular formula is C13H14BBrO2S. The molecule has 0 radical (unpaired) electrons. The van der Waals surface area contributed by atoms with Gasteiger partial charge in [-0.05, 0) is 29.7 Å². The first-order valence-electron chi connectivity index (χ1n) is 5.96. The maximum Gasteiger partial charge on any atom is 0.504 e. The van der Waals surface area contributed by atoms with Crippen LogP contribution in [0.2, 0.25) is 0 Å². The van der Waals surface area contributed by atoms with E-state index in [9.17, 15) is 0 Å². The van der Waals surface area contributed by atoms with E-state index in [0.717, 1.165) is 22.5 Å². The largest absolute Gasteiger partial charge is 0.504 e. The van der Waals surface area contributed by atoms with Gasteiger partial charge < -0.3 is 9.31 Å². The fourth-order valence-electron chi connectivity index (χ4n) is 2.01. The summed E-state index contributed by atoms with van der Waals surface area (Å²) < 4.78 is 15.2. The summed E-state index contributed by atoms with van der Waals surface area (Å²) in [5, 5.41) is 1.24. The molecule has 0 saturated carbocycles. The molecule has 3 rings (SSSR count).